The number of alkyl carbamates (subject to hydrolysis) is 1. The number of nitrogens with one attached hydrogen (secondary N) is 1. The van der Waals surface area contributed by atoms with Crippen LogP contribution in [-0.2, 0) is 19.0 Å². The SMILES string of the molecule is Cc1ccc(S(=O)(=O)OCC(C)(C)NC(=O)OC(C)(C)C)cc1. The van der Waals surface area contributed by atoms with Crippen LogP contribution in [-0.4, -0.2) is 32.3 Å². The van der Waals surface area contributed by atoms with Gasteiger partial charge in [-0.1, -0.05) is 17.7 Å². The molecular formula is C16H25NO5S. The van der Waals surface area contributed by atoms with Crippen molar-refractivity contribution >= 4 is 16.2 Å². The Bertz CT molecular complexity index is 642. The zero-order valence-electron chi connectivity index (χ0n) is 14.5. The summed E-state index contributed by atoms with van der Waals surface area (Å²) < 4.78 is 34.5. The molecule has 0 heterocycles. The van der Waals surface area contributed by atoms with E-state index in [1.807, 2.05) is 6.92 Å². The van der Waals surface area contributed by atoms with Crippen LogP contribution < -0.4 is 5.32 Å². The van der Waals surface area contributed by atoms with Crippen molar-refractivity contribution in [1.82, 2.24) is 5.32 Å². The highest BCUT2D eigenvalue weighted by molar-refractivity contribution is 7.86. The minimum atomic E-state index is -3.87. The van der Waals surface area contributed by atoms with Gasteiger partial charge in [0.2, 0.25) is 0 Å². The number of carbonyl (C=O) groups is 1. The van der Waals surface area contributed by atoms with Crippen LogP contribution in [0.3, 0.4) is 0 Å². The number of aryl methyl sites for hydroxylation is 1. The lowest BCUT2D eigenvalue weighted by Gasteiger charge is -2.28. The highest BCUT2D eigenvalue weighted by atomic mass is 32.2. The summed E-state index contributed by atoms with van der Waals surface area (Å²) in [4.78, 5) is 11.8. The van der Waals surface area contributed by atoms with E-state index in [0.29, 0.717) is 0 Å². The molecule has 1 aromatic carbocycles. The molecule has 1 rings (SSSR count). The lowest BCUT2D eigenvalue weighted by Crippen LogP contribution is -2.49. The Labute approximate surface area is 138 Å². The maximum absolute atomic E-state index is 12.1. The topological polar surface area (TPSA) is 81.7 Å². The zero-order valence-corrected chi connectivity index (χ0v) is 15.3. The van der Waals surface area contributed by atoms with Crippen molar-refractivity contribution in [2.24, 2.45) is 0 Å². The van der Waals surface area contributed by atoms with Crippen molar-refractivity contribution in [1.29, 1.82) is 0 Å². The smallest absolute Gasteiger partial charge is 0.408 e. The molecule has 0 aliphatic rings. The summed E-state index contributed by atoms with van der Waals surface area (Å²) in [5.41, 5.74) is -0.578. The van der Waals surface area contributed by atoms with Crippen LogP contribution >= 0.6 is 0 Å². The summed E-state index contributed by atoms with van der Waals surface area (Å²) >= 11 is 0. The number of benzene rings is 1. The fraction of sp³-hybridized carbons (Fsp3) is 0.562. The molecule has 0 spiro atoms. The Hall–Kier alpha value is -1.60. The summed E-state index contributed by atoms with van der Waals surface area (Å²) in [6.07, 6.45) is -0.626. The van der Waals surface area contributed by atoms with Crippen molar-refractivity contribution in [3.63, 3.8) is 0 Å². The second-order valence-corrected chi connectivity index (χ2v) is 8.66. The molecule has 1 amide bonds. The highest BCUT2D eigenvalue weighted by Gasteiger charge is 2.27. The van der Waals surface area contributed by atoms with Crippen LogP contribution in [0.2, 0.25) is 0 Å². The quantitative estimate of drug-likeness (QED) is 0.831. The summed E-state index contributed by atoms with van der Waals surface area (Å²) in [6, 6.07) is 6.36. The molecule has 0 radical (unpaired) electrons. The van der Waals surface area contributed by atoms with Gasteiger partial charge in [-0.25, -0.2) is 4.79 Å². The first-order chi connectivity index (χ1) is 10.3. The molecule has 1 aromatic rings. The normalized spacial score (nSPS) is 12.8. The molecule has 23 heavy (non-hydrogen) atoms. The molecule has 0 saturated heterocycles. The van der Waals surface area contributed by atoms with Gasteiger partial charge in [0.05, 0.1) is 17.0 Å². The Morgan fingerprint density at radius 2 is 1.61 bits per heavy atom. The molecule has 1 N–H and O–H groups in total. The predicted molar refractivity (Wildman–Crippen MR) is 87.8 cm³/mol. The van der Waals surface area contributed by atoms with Gasteiger partial charge in [-0.3, -0.25) is 4.18 Å². The van der Waals surface area contributed by atoms with Gasteiger partial charge in [0.25, 0.3) is 10.1 Å². The molecule has 0 unspecified atom stereocenters. The van der Waals surface area contributed by atoms with Gasteiger partial charge < -0.3 is 10.1 Å². The average molecular weight is 343 g/mol. The van der Waals surface area contributed by atoms with E-state index in [4.69, 9.17) is 8.92 Å². The van der Waals surface area contributed by atoms with E-state index in [0.717, 1.165) is 5.56 Å². The van der Waals surface area contributed by atoms with Gasteiger partial charge in [0.1, 0.15) is 5.60 Å². The third-order valence-corrected chi connectivity index (χ3v) is 4.00. The molecule has 6 nitrogen and oxygen atoms in total. The maximum atomic E-state index is 12.1. The van der Waals surface area contributed by atoms with Crippen molar-refractivity contribution in [2.45, 2.75) is 57.6 Å². The molecule has 0 saturated carbocycles. The Morgan fingerprint density at radius 3 is 2.09 bits per heavy atom. The minimum absolute atomic E-state index is 0.0798. The number of rotatable bonds is 5. The summed E-state index contributed by atoms with van der Waals surface area (Å²) in [5.74, 6) is 0. The van der Waals surface area contributed by atoms with Gasteiger partial charge in [-0.2, -0.15) is 8.42 Å². The van der Waals surface area contributed by atoms with Crippen LogP contribution in [0.5, 0.6) is 0 Å². The third-order valence-electron chi connectivity index (χ3n) is 2.72. The van der Waals surface area contributed by atoms with Gasteiger partial charge in [0.15, 0.2) is 0 Å². The van der Waals surface area contributed by atoms with Crippen molar-refractivity contribution in [3.05, 3.63) is 29.8 Å². The van der Waals surface area contributed by atoms with Crippen LogP contribution in [0, 0.1) is 6.92 Å². The number of amides is 1. The molecular weight excluding hydrogens is 318 g/mol. The van der Waals surface area contributed by atoms with Gasteiger partial charge in [-0.05, 0) is 53.7 Å². The van der Waals surface area contributed by atoms with E-state index in [9.17, 15) is 13.2 Å². The summed E-state index contributed by atoms with van der Waals surface area (Å²) in [5, 5.41) is 2.60. The van der Waals surface area contributed by atoms with E-state index >= 15 is 0 Å². The van der Waals surface area contributed by atoms with Crippen molar-refractivity contribution in [3.8, 4) is 0 Å². The van der Waals surface area contributed by atoms with Crippen molar-refractivity contribution < 1.29 is 22.1 Å². The Morgan fingerprint density at radius 1 is 1.09 bits per heavy atom. The lowest BCUT2D eigenvalue weighted by molar-refractivity contribution is 0.0442. The summed E-state index contributed by atoms with van der Waals surface area (Å²) in [7, 11) is -3.87. The van der Waals surface area contributed by atoms with Gasteiger partial charge in [-0.15, -0.1) is 0 Å². The second kappa shape index (κ2) is 6.88. The molecule has 0 bridgehead atoms. The van der Waals surface area contributed by atoms with E-state index in [1.54, 1.807) is 46.8 Å². The standard InChI is InChI=1S/C16H25NO5S/c1-12-7-9-13(10-8-12)23(19,20)21-11-16(5,6)17-14(18)22-15(2,3)4/h7-10H,11H2,1-6H3,(H,17,18). The van der Waals surface area contributed by atoms with Crippen LogP contribution in [0.4, 0.5) is 4.79 Å². The van der Waals surface area contributed by atoms with E-state index < -0.39 is 27.4 Å². The Kier molecular flexibility index (Phi) is 5.82. The number of hydrogen-bond donors (Lipinski definition) is 1. The first-order valence-electron chi connectivity index (χ1n) is 7.28. The van der Waals surface area contributed by atoms with Gasteiger partial charge >= 0.3 is 6.09 Å². The first kappa shape index (κ1) is 19.4. The molecule has 7 heteroatoms. The Balaban J connectivity index is 2.68. The van der Waals surface area contributed by atoms with Crippen LogP contribution in [0.1, 0.15) is 40.2 Å². The van der Waals surface area contributed by atoms with Gasteiger partial charge in [0, 0.05) is 0 Å². The molecule has 0 atom stereocenters. The molecule has 0 aliphatic heterocycles. The fourth-order valence-corrected chi connectivity index (χ4v) is 2.67. The molecule has 0 aromatic heterocycles. The van der Waals surface area contributed by atoms with Crippen molar-refractivity contribution in [2.75, 3.05) is 6.61 Å². The third kappa shape index (κ3) is 7.00. The average Bonchev–Trinajstić information content (AvgIpc) is 2.34. The second-order valence-electron chi connectivity index (χ2n) is 7.04. The van der Waals surface area contributed by atoms with E-state index in [-0.39, 0.29) is 11.5 Å². The fourth-order valence-electron chi connectivity index (χ4n) is 1.61. The molecule has 0 fully saturated rings. The monoisotopic (exact) mass is 343 g/mol. The minimum Gasteiger partial charge on any atom is -0.444 e. The largest absolute Gasteiger partial charge is 0.444 e. The highest BCUT2D eigenvalue weighted by Crippen LogP contribution is 2.16. The molecule has 0 aliphatic carbocycles. The van der Waals surface area contributed by atoms with E-state index in [2.05, 4.69) is 5.32 Å². The first-order valence-corrected chi connectivity index (χ1v) is 8.69. The predicted octanol–water partition coefficient (Wildman–Crippen LogP) is 3.00. The number of ether oxygens (including phenoxy) is 1. The van der Waals surface area contributed by atoms with Crippen LogP contribution in [0.15, 0.2) is 29.2 Å². The van der Waals surface area contributed by atoms with E-state index in [1.165, 1.54) is 12.1 Å². The number of carbonyl (C=O) groups excluding carboxylic acids is 1. The maximum Gasteiger partial charge on any atom is 0.408 e. The number of hydrogen-bond acceptors (Lipinski definition) is 5. The zero-order chi connectivity index (χ0) is 17.9. The summed E-state index contributed by atoms with van der Waals surface area (Å²) in [6.45, 7) is 10.2. The van der Waals surface area contributed by atoms with Crippen LogP contribution in [0.25, 0.3) is 0 Å². The lowest BCUT2D eigenvalue weighted by atomic mass is 10.1. The molecule has 130 valence electrons.